The van der Waals surface area contributed by atoms with E-state index in [1.165, 1.54) is 0 Å². The summed E-state index contributed by atoms with van der Waals surface area (Å²) >= 11 is 0. The number of rotatable bonds is 7. The zero-order valence-electron chi connectivity index (χ0n) is 11.2. The van der Waals surface area contributed by atoms with Crippen LogP contribution in [0.15, 0.2) is 18.2 Å². The summed E-state index contributed by atoms with van der Waals surface area (Å²) in [5.41, 5.74) is 1.94. The number of benzene rings is 1. The average molecular weight is 271 g/mol. The summed E-state index contributed by atoms with van der Waals surface area (Å²) in [5.74, 6) is 0.885. The Morgan fingerprint density at radius 3 is 2.67 bits per heavy atom. The Morgan fingerprint density at radius 1 is 1.33 bits per heavy atom. The molecule has 0 spiro atoms. The zero-order valence-corrected chi connectivity index (χ0v) is 12.0. The maximum atomic E-state index is 11.7. The van der Waals surface area contributed by atoms with Crippen molar-refractivity contribution in [2.24, 2.45) is 0 Å². The first-order valence-corrected chi connectivity index (χ1v) is 7.74. The van der Waals surface area contributed by atoms with E-state index >= 15 is 0 Å². The van der Waals surface area contributed by atoms with Crippen molar-refractivity contribution >= 4 is 10.0 Å². The smallest absolute Gasteiger partial charge is 0.211 e. The molecule has 0 amide bonds. The van der Waals surface area contributed by atoms with Gasteiger partial charge in [-0.15, -0.1) is 0 Å². The van der Waals surface area contributed by atoms with Crippen LogP contribution in [0.2, 0.25) is 0 Å². The van der Waals surface area contributed by atoms with E-state index in [-0.39, 0.29) is 12.3 Å². The molecule has 0 unspecified atom stereocenters. The van der Waals surface area contributed by atoms with Crippen LogP contribution in [-0.2, 0) is 16.6 Å². The molecule has 0 heterocycles. The standard InChI is InChI=1S/C13H21NO3S/c1-4-5-8-18(15,16)14-10-12-9-11(2)6-7-13(12)17-3/h6-7,9,14H,4-5,8,10H2,1-3H3. The highest BCUT2D eigenvalue weighted by atomic mass is 32.2. The highest BCUT2D eigenvalue weighted by molar-refractivity contribution is 7.89. The molecule has 1 rings (SSSR count). The summed E-state index contributed by atoms with van der Waals surface area (Å²) in [6.07, 6.45) is 1.55. The first kappa shape index (κ1) is 15.0. The largest absolute Gasteiger partial charge is 0.496 e. The Kier molecular flexibility index (Phi) is 5.62. The molecule has 0 aliphatic heterocycles. The van der Waals surface area contributed by atoms with Gasteiger partial charge in [0.1, 0.15) is 5.75 Å². The van der Waals surface area contributed by atoms with Gasteiger partial charge in [0, 0.05) is 12.1 Å². The maximum absolute atomic E-state index is 11.7. The summed E-state index contributed by atoms with van der Waals surface area (Å²) < 4.78 is 31.2. The highest BCUT2D eigenvalue weighted by Crippen LogP contribution is 2.19. The van der Waals surface area contributed by atoms with E-state index < -0.39 is 10.0 Å². The van der Waals surface area contributed by atoms with Gasteiger partial charge in [0.15, 0.2) is 0 Å². The molecule has 5 heteroatoms. The molecule has 18 heavy (non-hydrogen) atoms. The molecule has 1 aromatic carbocycles. The first-order chi connectivity index (χ1) is 8.48. The SMILES string of the molecule is CCCCS(=O)(=O)NCc1cc(C)ccc1OC. The minimum absolute atomic E-state index is 0.178. The zero-order chi connectivity index (χ0) is 13.6. The van der Waals surface area contributed by atoms with Crippen molar-refractivity contribution in [1.29, 1.82) is 0 Å². The number of hydrogen-bond acceptors (Lipinski definition) is 3. The van der Waals surface area contributed by atoms with E-state index in [1.807, 2.05) is 32.0 Å². The van der Waals surface area contributed by atoms with Crippen LogP contribution in [0, 0.1) is 6.92 Å². The van der Waals surface area contributed by atoms with Gasteiger partial charge in [0.25, 0.3) is 0 Å². The second-order valence-electron chi connectivity index (χ2n) is 4.31. The molecular weight excluding hydrogens is 250 g/mol. The molecule has 1 N–H and O–H groups in total. The normalized spacial score (nSPS) is 11.5. The predicted octanol–water partition coefficient (Wildman–Crippen LogP) is 2.22. The Bertz CT molecular complexity index is 483. The fourth-order valence-corrected chi connectivity index (χ4v) is 2.83. The van der Waals surface area contributed by atoms with Crippen LogP contribution in [0.5, 0.6) is 5.75 Å². The minimum atomic E-state index is -3.19. The second kappa shape index (κ2) is 6.75. The van der Waals surface area contributed by atoms with E-state index in [4.69, 9.17) is 4.74 Å². The molecule has 1 aromatic rings. The van der Waals surface area contributed by atoms with Crippen molar-refractivity contribution in [3.63, 3.8) is 0 Å². The van der Waals surface area contributed by atoms with Gasteiger partial charge >= 0.3 is 0 Å². The van der Waals surface area contributed by atoms with Gasteiger partial charge in [-0.05, 0) is 19.4 Å². The van der Waals surface area contributed by atoms with E-state index in [0.717, 1.165) is 17.5 Å². The van der Waals surface area contributed by atoms with Crippen molar-refractivity contribution in [2.75, 3.05) is 12.9 Å². The van der Waals surface area contributed by atoms with Crippen LogP contribution in [0.1, 0.15) is 30.9 Å². The van der Waals surface area contributed by atoms with Gasteiger partial charge in [0.2, 0.25) is 10.0 Å². The third-order valence-corrected chi connectivity index (χ3v) is 4.10. The van der Waals surface area contributed by atoms with Crippen LogP contribution in [0.25, 0.3) is 0 Å². The monoisotopic (exact) mass is 271 g/mol. The van der Waals surface area contributed by atoms with Gasteiger partial charge in [-0.3, -0.25) is 0 Å². The molecule has 0 aromatic heterocycles. The van der Waals surface area contributed by atoms with Gasteiger partial charge in [0.05, 0.1) is 12.9 Å². The molecule has 0 radical (unpaired) electrons. The lowest BCUT2D eigenvalue weighted by atomic mass is 10.1. The summed E-state index contributed by atoms with van der Waals surface area (Å²) in [4.78, 5) is 0. The fraction of sp³-hybridized carbons (Fsp3) is 0.538. The van der Waals surface area contributed by atoms with Crippen molar-refractivity contribution in [2.45, 2.75) is 33.2 Å². The first-order valence-electron chi connectivity index (χ1n) is 6.09. The molecule has 4 nitrogen and oxygen atoms in total. The van der Waals surface area contributed by atoms with E-state index in [1.54, 1.807) is 7.11 Å². The van der Waals surface area contributed by atoms with Crippen molar-refractivity contribution in [3.05, 3.63) is 29.3 Å². The van der Waals surface area contributed by atoms with E-state index in [0.29, 0.717) is 12.2 Å². The van der Waals surface area contributed by atoms with Crippen molar-refractivity contribution in [3.8, 4) is 5.75 Å². The van der Waals surface area contributed by atoms with Gasteiger partial charge in [-0.1, -0.05) is 31.0 Å². The Morgan fingerprint density at radius 2 is 2.06 bits per heavy atom. The quantitative estimate of drug-likeness (QED) is 0.827. The van der Waals surface area contributed by atoms with Gasteiger partial charge < -0.3 is 4.74 Å². The molecule has 0 saturated carbocycles. The number of hydrogen-bond donors (Lipinski definition) is 1. The third kappa shape index (κ3) is 4.66. The Hall–Kier alpha value is -1.07. The third-order valence-electron chi connectivity index (χ3n) is 2.69. The molecule has 102 valence electrons. The Labute approximate surface area is 109 Å². The predicted molar refractivity (Wildman–Crippen MR) is 73.3 cm³/mol. The average Bonchev–Trinajstić information content (AvgIpc) is 2.34. The van der Waals surface area contributed by atoms with Crippen molar-refractivity contribution in [1.82, 2.24) is 4.72 Å². The summed E-state index contributed by atoms with van der Waals surface area (Å²) in [6, 6.07) is 5.72. The highest BCUT2D eigenvalue weighted by Gasteiger charge is 2.11. The topological polar surface area (TPSA) is 55.4 Å². The number of ether oxygens (including phenoxy) is 1. The summed E-state index contributed by atoms with van der Waals surface area (Å²) in [6.45, 7) is 4.21. The van der Waals surface area contributed by atoms with E-state index in [9.17, 15) is 8.42 Å². The fourth-order valence-electron chi connectivity index (χ4n) is 1.64. The molecule has 0 aliphatic rings. The van der Waals surface area contributed by atoms with Gasteiger partial charge in [-0.2, -0.15) is 0 Å². The lowest BCUT2D eigenvalue weighted by Gasteiger charge is -2.11. The number of sulfonamides is 1. The van der Waals surface area contributed by atoms with Gasteiger partial charge in [-0.25, -0.2) is 13.1 Å². The maximum Gasteiger partial charge on any atom is 0.211 e. The molecule has 0 aliphatic carbocycles. The lowest BCUT2D eigenvalue weighted by molar-refractivity contribution is 0.409. The molecule has 0 saturated heterocycles. The number of unbranched alkanes of at least 4 members (excludes halogenated alkanes) is 1. The number of methoxy groups -OCH3 is 1. The van der Waals surface area contributed by atoms with Crippen LogP contribution < -0.4 is 9.46 Å². The molecule has 0 fully saturated rings. The van der Waals surface area contributed by atoms with Crippen LogP contribution in [0.4, 0.5) is 0 Å². The molecule has 0 bridgehead atoms. The van der Waals surface area contributed by atoms with Crippen molar-refractivity contribution < 1.29 is 13.2 Å². The number of nitrogens with one attached hydrogen (secondary N) is 1. The lowest BCUT2D eigenvalue weighted by Crippen LogP contribution is -2.26. The van der Waals surface area contributed by atoms with Crippen LogP contribution >= 0.6 is 0 Å². The summed E-state index contributed by atoms with van der Waals surface area (Å²) in [7, 11) is -1.60. The van der Waals surface area contributed by atoms with E-state index in [2.05, 4.69) is 4.72 Å². The molecule has 0 atom stereocenters. The minimum Gasteiger partial charge on any atom is -0.496 e. The van der Waals surface area contributed by atoms with Crippen LogP contribution in [-0.4, -0.2) is 21.3 Å². The Balaban J connectivity index is 2.71. The molecular formula is C13H21NO3S. The summed E-state index contributed by atoms with van der Waals surface area (Å²) in [5, 5.41) is 0. The number of aryl methyl sites for hydroxylation is 1. The second-order valence-corrected chi connectivity index (χ2v) is 6.24. The van der Waals surface area contributed by atoms with Crippen LogP contribution in [0.3, 0.4) is 0 Å².